The Morgan fingerprint density at radius 3 is 2.42 bits per heavy atom. The minimum atomic E-state index is -4.18. The molecule has 0 spiro atoms. The number of hydrogen-bond acceptors (Lipinski definition) is 7. The summed E-state index contributed by atoms with van der Waals surface area (Å²) in [5, 5.41) is 0.415. The number of carbonyl (C=O) groups is 2. The lowest BCUT2D eigenvalue weighted by molar-refractivity contribution is -0.123. The standard InChI is InChI=1S/C24H16BrCl2NO6S2/c1-33-20-11-14(10-18(25)22(20)34-36(31,32)17-8-6-16(26)7-9-17)12-21-23(29)28(24(30)35-21)13-15-4-2-3-5-19(15)27/h2-12H,13H2,1H3/b21-12-. The van der Waals surface area contributed by atoms with Gasteiger partial charge in [0.1, 0.15) is 4.90 Å². The van der Waals surface area contributed by atoms with Crippen LogP contribution in [-0.2, 0) is 21.5 Å². The van der Waals surface area contributed by atoms with Gasteiger partial charge in [-0.15, -0.1) is 0 Å². The van der Waals surface area contributed by atoms with Crippen molar-refractivity contribution < 1.29 is 26.9 Å². The van der Waals surface area contributed by atoms with Crippen molar-refractivity contribution in [2.45, 2.75) is 11.4 Å². The van der Waals surface area contributed by atoms with Crippen molar-refractivity contribution in [3.8, 4) is 11.5 Å². The summed E-state index contributed by atoms with van der Waals surface area (Å²) in [7, 11) is -2.83. The Labute approximate surface area is 230 Å². The van der Waals surface area contributed by atoms with E-state index in [-0.39, 0.29) is 32.3 Å². The van der Waals surface area contributed by atoms with Crippen molar-refractivity contribution in [3.63, 3.8) is 0 Å². The molecular formula is C24H16BrCl2NO6S2. The third-order valence-corrected chi connectivity index (χ3v) is 8.36. The summed E-state index contributed by atoms with van der Waals surface area (Å²) in [5.41, 5.74) is 1.13. The molecule has 0 aliphatic carbocycles. The van der Waals surface area contributed by atoms with Crippen LogP contribution in [0.4, 0.5) is 4.79 Å². The maximum Gasteiger partial charge on any atom is 0.339 e. The SMILES string of the molecule is COc1cc(/C=C2\SC(=O)N(Cc3ccccc3Cl)C2=O)cc(Br)c1OS(=O)(=O)c1ccc(Cl)cc1. The molecule has 2 amide bonds. The molecule has 0 saturated carbocycles. The minimum absolute atomic E-state index is 0.0457. The highest BCUT2D eigenvalue weighted by molar-refractivity contribution is 9.10. The molecule has 0 N–H and O–H groups in total. The highest BCUT2D eigenvalue weighted by Crippen LogP contribution is 2.40. The van der Waals surface area contributed by atoms with E-state index in [0.29, 0.717) is 21.2 Å². The van der Waals surface area contributed by atoms with E-state index in [0.717, 1.165) is 16.7 Å². The number of ether oxygens (including phenoxy) is 1. The monoisotopic (exact) mass is 627 g/mol. The second kappa shape index (κ2) is 10.9. The Morgan fingerprint density at radius 2 is 1.75 bits per heavy atom. The van der Waals surface area contributed by atoms with Crippen LogP contribution in [0.5, 0.6) is 11.5 Å². The molecule has 7 nitrogen and oxygen atoms in total. The predicted molar refractivity (Wildman–Crippen MR) is 143 cm³/mol. The van der Waals surface area contributed by atoms with E-state index < -0.39 is 21.3 Å². The summed E-state index contributed by atoms with van der Waals surface area (Å²) >= 11 is 16.1. The summed E-state index contributed by atoms with van der Waals surface area (Å²) in [6.07, 6.45) is 1.52. The van der Waals surface area contributed by atoms with E-state index in [4.69, 9.17) is 32.1 Å². The van der Waals surface area contributed by atoms with Crippen LogP contribution in [0.2, 0.25) is 10.0 Å². The van der Waals surface area contributed by atoms with Gasteiger partial charge in [-0.2, -0.15) is 8.42 Å². The van der Waals surface area contributed by atoms with Gasteiger partial charge in [0.15, 0.2) is 11.5 Å². The number of halogens is 3. The molecule has 1 saturated heterocycles. The van der Waals surface area contributed by atoms with Gasteiger partial charge in [-0.1, -0.05) is 41.4 Å². The van der Waals surface area contributed by atoms with Gasteiger partial charge in [0, 0.05) is 10.0 Å². The van der Waals surface area contributed by atoms with Crippen LogP contribution in [-0.4, -0.2) is 31.6 Å². The Hall–Kier alpha value is -2.50. The fourth-order valence-electron chi connectivity index (χ4n) is 3.25. The van der Waals surface area contributed by atoms with Crippen LogP contribution in [0.1, 0.15) is 11.1 Å². The number of rotatable bonds is 7. The highest BCUT2D eigenvalue weighted by atomic mass is 79.9. The van der Waals surface area contributed by atoms with Gasteiger partial charge in [-0.3, -0.25) is 14.5 Å². The molecule has 0 radical (unpaired) electrons. The first kappa shape index (κ1) is 26.6. The average molecular weight is 629 g/mol. The van der Waals surface area contributed by atoms with Crippen LogP contribution < -0.4 is 8.92 Å². The Bertz CT molecular complexity index is 1490. The van der Waals surface area contributed by atoms with Gasteiger partial charge >= 0.3 is 10.1 Å². The number of methoxy groups -OCH3 is 1. The summed E-state index contributed by atoms with van der Waals surface area (Å²) in [4.78, 5) is 26.7. The molecule has 0 aromatic heterocycles. The zero-order valence-corrected chi connectivity index (χ0v) is 23.1. The van der Waals surface area contributed by atoms with Gasteiger partial charge < -0.3 is 8.92 Å². The van der Waals surface area contributed by atoms with Gasteiger partial charge in [0.25, 0.3) is 11.1 Å². The van der Waals surface area contributed by atoms with Crippen molar-refractivity contribution in [1.29, 1.82) is 0 Å². The molecule has 186 valence electrons. The number of thioether (sulfide) groups is 1. The van der Waals surface area contributed by atoms with Gasteiger partial charge in [0.05, 0.1) is 23.0 Å². The van der Waals surface area contributed by atoms with Crippen molar-refractivity contribution in [2.75, 3.05) is 7.11 Å². The number of amides is 2. The molecule has 1 aliphatic rings. The van der Waals surface area contributed by atoms with Gasteiger partial charge in [0.2, 0.25) is 0 Å². The van der Waals surface area contributed by atoms with Crippen molar-refractivity contribution in [3.05, 3.63) is 91.2 Å². The highest BCUT2D eigenvalue weighted by Gasteiger charge is 2.35. The predicted octanol–water partition coefficient (Wildman–Crippen LogP) is 6.77. The topological polar surface area (TPSA) is 90.0 Å². The van der Waals surface area contributed by atoms with Crippen LogP contribution in [0.15, 0.2) is 74.9 Å². The summed E-state index contributed by atoms with van der Waals surface area (Å²) in [5.74, 6) is -0.439. The molecule has 12 heteroatoms. The van der Waals surface area contributed by atoms with E-state index in [2.05, 4.69) is 15.9 Å². The Balaban J connectivity index is 1.60. The Kier molecular flexibility index (Phi) is 8.01. The fourth-order valence-corrected chi connectivity index (χ4v) is 6.01. The maximum atomic E-state index is 12.9. The van der Waals surface area contributed by atoms with Crippen molar-refractivity contribution >= 4 is 78.2 Å². The number of nitrogens with zero attached hydrogens (tertiary/aromatic N) is 1. The number of benzene rings is 3. The molecule has 1 aliphatic heterocycles. The van der Waals surface area contributed by atoms with Gasteiger partial charge in [-0.05, 0) is 87.4 Å². The molecule has 3 aromatic carbocycles. The van der Waals surface area contributed by atoms with Crippen LogP contribution in [0.3, 0.4) is 0 Å². The zero-order valence-electron chi connectivity index (χ0n) is 18.4. The minimum Gasteiger partial charge on any atom is -0.493 e. The van der Waals surface area contributed by atoms with E-state index in [9.17, 15) is 18.0 Å². The first-order chi connectivity index (χ1) is 17.1. The molecule has 1 heterocycles. The van der Waals surface area contributed by atoms with E-state index >= 15 is 0 Å². The molecule has 1 fully saturated rings. The summed E-state index contributed by atoms with van der Waals surface area (Å²) in [6.45, 7) is 0.0457. The average Bonchev–Trinajstić information content (AvgIpc) is 3.09. The molecule has 0 unspecified atom stereocenters. The zero-order chi connectivity index (χ0) is 26.0. The largest absolute Gasteiger partial charge is 0.493 e. The third kappa shape index (κ3) is 5.73. The quantitative estimate of drug-likeness (QED) is 0.211. The second-order valence-electron chi connectivity index (χ2n) is 7.38. The van der Waals surface area contributed by atoms with Gasteiger partial charge in [-0.25, -0.2) is 0 Å². The smallest absolute Gasteiger partial charge is 0.339 e. The number of imide groups is 1. The van der Waals surface area contributed by atoms with Crippen LogP contribution in [0, 0.1) is 0 Å². The molecular weight excluding hydrogens is 613 g/mol. The molecule has 0 atom stereocenters. The summed E-state index contributed by atoms with van der Waals surface area (Å²) in [6, 6.07) is 15.5. The lowest BCUT2D eigenvalue weighted by Crippen LogP contribution is -2.27. The number of hydrogen-bond donors (Lipinski definition) is 0. The van der Waals surface area contributed by atoms with Crippen molar-refractivity contribution in [1.82, 2.24) is 4.90 Å². The lowest BCUT2D eigenvalue weighted by atomic mass is 10.1. The molecule has 0 bridgehead atoms. The summed E-state index contributed by atoms with van der Waals surface area (Å²) < 4.78 is 36.4. The fraction of sp³-hybridized carbons (Fsp3) is 0.0833. The first-order valence-corrected chi connectivity index (χ1v) is 13.9. The normalized spacial score (nSPS) is 15.0. The van der Waals surface area contributed by atoms with E-state index in [1.54, 1.807) is 30.3 Å². The third-order valence-electron chi connectivity index (χ3n) is 5.00. The Morgan fingerprint density at radius 1 is 1.06 bits per heavy atom. The molecule has 4 rings (SSSR count). The van der Waals surface area contributed by atoms with Crippen LogP contribution in [0.25, 0.3) is 6.08 Å². The maximum absolute atomic E-state index is 12.9. The van der Waals surface area contributed by atoms with E-state index in [1.807, 2.05) is 0 Å². The number of carbonyl (C=O) groups excluding carboxylic acids is 2. The molecule has 3 aromatic rings. The molecule has 36 heavy (non-hydrogen) atoms. The van der Waals surface area contributed by atoms with Crippen molar-refractivity contribution in [2.24, 2.45) is 0 Å². The van der Waals surface area contributed by atoms with E-state index in [1.165, 1.54) is 43.5 Å². The first-order valence-electron chi connectivity index (χ1n) is 10.2. The lowest BCUT2D eigenvalue weighted by Gasteiger charge is -2.14. The second-order valence-corrected chi connectivity index (χ2v) is 11.6. The van der Waals surface area contributed by atoms with Crippen LogP contribution >= 0.6 is 50.9 Å².